The number of nitrogens with zero attached hydrogens (tertiary/aromatic N) is 3. The summed E-state index contributed by atoms with van der Waals surface area (Å²) in [6.45, 7) is 0. The summed E-state index contributed by atoms with van der Waals surface area (Å²) in [4.78, 5) is 8.65. The minimum absolute atomic E-state index is 0.650. The fourth-order valence-electron chi connectivity index (χ4n) is 3.31. The highest BCUT2D eigenvalue weighted by Crippen LogP contribution is 2.24. The maximum absolute atomic E-state index is 6.13. The Labute approximate surface area is 172 Å². The van der Waals surface area contributed by atoms with E-state index in [1.807, 2.05) is 78.9 Å². The zero-order valence-corrected chi connectivity index (χ0v) is 16.2. The first kappa shape index (κ1) is 17.9. The molecule has 0 atom stereocenters. The quantitative estimate of drug-likeness (QED) is 0.435. The monoisotopic (exact) mass is 394 g/mol. The van der Waals surface area contributed by atoms with Gasteiger partial charge in [-0.05, 0) is 48.5 Å². The van der Waals surface area contributed by atoms with Gasteiger partial charge < -0.3 is 9.15 Å². The fraction of sp³-hybridized carbons (Fsp3) is 0.0417. The van der Waals surface area contributed by atoms with Crippen molar-refractivity contribution in [3.05, 3.63) is 90.5 Å². The molecule has 0 amide bonds. The molecule has 5 aromatic rings. The van der Waals surface area contributed by atoms with E-state index in [9.17, 15) is 0 Å². The van der Waals surface area contributed by atoms with Gasteiger partial charge in [-0.3, -0.25) is 5.43 Å². The molecule has 0 spiro atoms. The topological polar surface area (TPSA) is 72.5 Å². The van der Waals surface area contributed by atoms with Crippen LogP contribution in [0.4, 0.5) is 5.82 Å². The van der Waals surface area contributed by atoms with Crippen molar-refractivity contribution >= 4 is 27.7 Å². The molecule has 0 radical (unpaired) electrons. The van der Waals surface area contributed by atoms with Crippen LogP contribution in [0.1, 0.15) is 0 Å². The van der Waals surface area contributed by atoms with E-state index in [0.717, 1.165) is 38.5 Å². The molecule has 1 N–H and O–H groups in total. The van der Waals surface area contributed by atoms with E-state index in [2.05, 4.69) is 20.5 Å². The Kier molecular flexibility index (Phi) is 4.57. The van der Waals surface area contributed by atoms with Crippen molar-refractivity contribution in [2.75, 3.05) is 12.5 Å². The van der Waals surface area contributed by atoms with Crippen LogP contribution in [-0.4, -0.2) is 17.1 Å². The van der Waals surface area contributed by atoms with E-state index in [1.165, 1.54) is 6.33 Å². The van der Waals surface area contributed by atoms with E-state index in [1.54, 1.807) is 7.11 Å². The van der Waals surface area contributed by atoms with Gasteiger partial charge in [0.2, 0.25) is 0 Å². The second-order valence-electron chi connectivity index (χ2n) is 6.68. The Balaban J connectivity index is 1.63. The molecule has 5 rings (SSSR count). The highest BCUT2D eigenvalue weighted by molar-refractivity contribution is 5.88. The second-order valence-corrected chi connectivity index (χ2v) is 6.68. The zero-order valence-electron chi connectivity index (χ0n) is 16.2. The van der Waals surface area contributed by atoms with Crippen molar-refractivity contribution in [3.63, 3.8) is 0 Å². The zero-order chi connectivity index (χ0) is 20.3. The van der Waals surface area contributed by atoms with Crippen molar-refractivity contribution in [1.82, 2.24) is 9.97 Å². The SMILES string of the molecule is COc1ccc(-c2cc(=NNc3ncnc4ccccc34)c3ccccc3o2)cc1. The minimum Gasteiger partial charge on any atom is -0.497 e. The van der Waals surface area contributed by atoms with E-state index < -0.39 is 0 Å². The third-order valence-electron chi connectivity index (χ3n) is 4.85. The van der Waals surface area contributed by atoms with Gasteiger partial charge in [0.05, 0.1) is 18.0 Å². The lowest BCUT2D eigenvalue weighted by Gasteiger charge is -2.07. The number of aromatic nitrogens is 2. The number of hydrogen-bond acceptors (Lipinski definition) is 6. The molecule has 146 valence electrons. The normalized spacial score (nSPS) is 11.7. The van der Waals surface area contributed by atoms with Crippen molar-refractivity contribution in [3.8, 4) is 17.1 Å². The number of para-hydroxylation sites is 2. The third kappa shape index (κ3) is 3.35. The third-order valence-corrected chi connectivity index (χ3v) is 4.85. The summed E-state index contributed by atoms with van der Waals surface area (Å²) < 4.78 is 11.4. The van der Waals surface area contributed by atoms with E-state index in [-0.39, 0.29) is 0 Å². The molecule has 30 heavy (non-hydrogen) atoms. The van der Waals surface area contributed by atoms with Crippen LogP contribution < -0.4 is 15.5 Å². The van der Waals surface area contributed by atoms with Crippen molar-refractivity contribution < 1.29 is 9.15 Å². The number of ether oxygens (including phenoxy) is 1. The van der Waals surface area contributed by atoms with E-state index in [0.29, 0.717) is 11.6 Å². The van der Waals surface area contributed by atoms with Crippen LogP contribution in [-0.2, 0) is 0 Å². The average Bonchev–Trinajstić information content (AvgIpc) is 2.82. The van der Waals surface area contributed by atoms with Gasteiger partial charge in [0.25, 0.3) is 0 Å². The van der Waals surface area contributed by atoms with Gasteiger partial charge in [-0.2, -0.15) is 5.10 Å². The number of rotatable bonds is 4. The minimum atomic E-state index is 0.650. The van der Waals surface area contributed by atoms with Gasteiger partial charge in [0.15, 0.2) is 5.82 Å². The lowest BCUT2D eigenvalue weighted by atomic mass is 10.1. The Bertz CT molecular complexity index is 1400. The average molecular weight is 394 g/mol. The first-order valence-corrected chi connectivity index (χ1v) is 9.48. The molecule has 2 heterocycles. The Morgan fingerprint density at radius 3 is 2.47 bits per heavy atom. The molecule has 3 aromatic carbocycles. The molecular formula is C24H18N4O2. The van der Waals surface area contributed by atoms with Crippen LogP contribution in [0.5, 0.6) is 5.75 Å². The smallest absolute Gasteiger partial charge is 0.157 e. The summed E-state index contributed by atoms with van der Waals surface area (Å²) in [7, 11) is 1.65. The predicted molar refractivity (Wildman–Crippen MR) is 117 cm³/mol. The van der Waals surface area contributed by atoms with Crippen LogP contribution in [0.2, 0.25) is 0 Å². The molecule has 0 saturated carbocycles. The van der Waals surface area contributed by atoms with Crippen LogP contribution in [0, 0.1) is 0 Å². The molecule has 2 aromatic heterocycles. The van der Waals surface area contributed by atoms with Crippen LogP contribution >= 0.6 is 0 Å². The summed E-state index contributed by atoms with van der Waals surface area (Å²) in [6.07, 6.45) is 1.53. The first-order valence-electron chi connectivity index (χ1n) is 9.48. The van der Waals surface area contributed by atoms with Gasteiger partial charge >= 0.3 is 0 Å². The van der Waals surface area contributed by atoms with Crippen LogP contribution in [0.15, 0.2) is 94.7 Å². The highest BCUT2D eigenvalue weighted by Gasteiger charge is 2.07. The number of fused-ring (bicyclic) bond motifs is 2. The summed E-state index contributed by atoms with van der Waals surface area (Å²) >= 11 is 0. The molecule has 6 nitrogen and oxygen atoms in total. The van der Waals surface area contributed by atoms with Crippen LogP contribution in [0.25, 0.3) is 33.2 Å². The maximum Gasteiger partial charge on any atom is 0.157 e. The molecule has 0 fully saturated rings. The van der Waals surface area contributed by atoms with Gasteiger partial charge in [-0.25, -0.2) is 9.97 Å². The highest BCUT2D eigenvalue weighted by atomic mass is 16.5. The molecule has 0 aliphatic heterocycles. The summed E-state index contributed by atoms with van der Waals surface area (Å²) in [5, 5.41) is 7.21. The van der Waals surface area contributed by atoms with Gasteiger partial charge in [-0.15, -0.1) is 0 Å². The fourth-order valence-corrected chi connectivity index (χ4v) is 3.31. The predicted octanol–water partition coefficient (Wildman–Crippen LogP) is 4.98. The molecule has 0 saturated heterocycles. The Morgan fingerprint density at radius 1 is 0.867 bits per heavy atom. The molecule has 6 heteroatoms. The molecular weight excluding hydrogens is 376 g/mol. The molecule has 0 aliphatic carbocycles. The van der Waals surface area contributed by atoms with E-state index in [4.69, 9.17) is 9.15 Å². The Hall–Kier alpha value is -4.19. The second kappa shape index (κ2) is 7.67. The lowest BCUT2D eigenvalue weighted by Crippen LogP contribution is -2.08. The molecule has 0 aliphatic rings. The number of hydrogen-bond donors (Lipinski definition) is 1. The first-order chi connectivity index (χ1) is 14.8. The summed E-state index contributed by atoms with van der Waals surface area (Å²) in [6, 6.07) is 25.3. The lowest BCUT2D eigenvalue weighted by molar-refractivity contribution is 0.415. The van der Waals surface area contributed by atoms with Gasteiger partial charge in [0.1, 0.15) is 23.4 Å². The standard InChI is InChI=1S/C24H18N4O2/c1-29-17-12-10-16(11-13-17)23-14-21(18-6-3-5-9-22(18)30-23)27-28-24-19-7-2-4-8-20(19)25-15-26-24/h2-15H,1H3,(H,25,26,28). The molecule has 0 unspecified atom stereocenters. The summed E-state index contributed by atoms with van der Waals surface area (Å²) in [5.74, 6) is 2.16. The number of methoxy groups -OCH3 is 1. The van der Waals surface area contributed by atoms with Crippen LogP contribution in [0.3, 0.4) is 0 Å². The van der Waals surface area contributed by atoms with Gasteiger partial charge in [-0.1, -0.05) is 24.3 Å². The summed E-state index contributed by atoms with van der Waals surface area (Å²) in [5.41, 5.74) is 5.65. The van der Waals surface area contributed by atoms with Crippen molar-refractivity contribution in [2.24, 2.45) is 5.10 Å². The molecule has 0 bridgehead atoms. The number of benzene rings is 3. The number of anilines is 1. The van der Waals surface area contributed by atoms with Gasteiger partial charge in [0, 0.05) is 22.4 Å². The Morgan fingerprint density at radius 2 is 1.63 bits per heavy atom. The largest absolute Gasteiger partial charge is 0.497 e. The van der Waals surface area contributed by atoms with Crippen molar-refractivity contribution in [2.45, 2.75) is 0 Å². The van der Waals surface area contributed by atoms with E-state index >= 15 is 0 Å². The maximum atomic E-state index is 6.13. The number of nitrogens with one attached hydrogen (secondary N) is 1. The van der Waals surface area contributed by atoms with Crippen molar-refractivity contribution in [1.29, 1.82) is 0 Å².